The van der Waals surface area contributed by atoms with Crippen molar-refractivity contribution in [1.29, 1.82) is 0 Å². The third kappa shape index (κ3) is 3.01. The summed E-state index contributed by atoms with van der Waals surface area (Å²) in [6.07, 6.45) is 0. The molecule has 0 aliphatic rings. The van der Waals surface area contributed by atoms with Crippen LogP contribution in [0.1, 0.15) is 50.5 Å². The van der Waals surface area contributed by atoms with Crippen molar-refractivity contribution >= 4 is 0 Å². The molecule has 1 aromatic rings. The molecule has 3 nitrogen and oxygen atoms in total. The molecule has 0 bridgehead atoms. The van der Waals surface area contributed by atoms with Gasteiger partial charge in [-0.1, -0.05) is 27.7 Å². The van der Waals surface area contributed by atoms with Crippen LogP contribution in [0.3, 0.4) is 0 Å². The van der Waals surface area contributed by atoms with E-state index in [0.717, 1.165) is 30.3 Å². The monoisotopic (exact) mass is 221 g/mol. The Labute approximate surface area is 98.7 Å². The lowest BCUT2D eigenvalue weighted by Crippen LogP contribution is -2.21. The summed E-state index contributed by atoms with van der Waals surface area (Å²) >= 11 is 0. The highest BCUT2D eigenvalue weighted by Crippen LogP contribution is 2.20. The highest BCUT2D eigenvalue weighted by Gasteiger charge is 2.19. The summed E-state index contributed by atoms with van der Waals surface area (Å²) in [5.74, 6) is 0.933. The van der Waals surface area contributed by atoms with Crippen molar-refractivity contribution in [3.63, 3.8) is 0 Å². The van der Waals surface area contributed by atoms with Crippen molar-refractivity contribution in [3.05, 3.63) is 22.8 Å². The quantitative estimate of drug-likeness (QED) is 0.852. The average molecular weight is 221 g/mol. The maximum absolute atomic E-state index is 4.61. The number of hydrogen-bond acceptors (Lipinski definition) is 3. The molecule has 0 radical (unpaired) electrons. The first-order valence-corrected chi connectivity index (χ1v) is 5.91. The molecule has 0 aromatic carbocycles. The van der Waals surface area contributed by atoms with Crippen molar-refractivity contribution in [2.45, 2.75) is 53.5 Å². The lowest BCUT2D eigenvalue weighted by molar-refractivity contribution is 0.537. The number of aryl methyl sites for hydroxylation is 2. The number of aromatic nitrogens is 2. The van der Waals surface area contributed by atoms with Gasteiger partial charge in [-0.15, -0.1) is 0 Å². The molecular weight excluding hydrogens is 198 g/mol. The molecule has 0 saturated carbocycles. The molecule has 1 heterocycles. The van der Waals surface area contributed by atoms with E-state index in [1.807, 2.05) is 0 Å². The van der Waals surface area contributed by atoms with Gasteiger partial charge in [0.1, 0.15) is 5.82 Å². The van der Waals surface area contributed by atoms with E-state index < -0.39 is 0 Å². The molecule has 0 fully saturated rings. The second kappa shape index (κ2) is 4.91. The fourth-order valence-corrected chi connectivity index (χ4v) is 1.58. The number of nitrogens with one attached hydrogen (secondary N) is 1. The summed E-state index contributed by atoms with van der Waals surface area (Å²) in [5, 5.41) is 3.32. The molecule has 1 aromatic heterocycles. The predicted molar refractivity (Wildman–Crippen MR) is 67.6 cm³/mol. The van der Waals surface area contributed by atoms with E-state index in [1.165, 1.54) is 5.56 Å². The summed E-state index contributed by atoms with van der Waals surface area (Å²) in [7, 11) is 0. The Kier molecular flexibility index (Phi) is 4.03. The number of hydrogen-bond donors (Lipinski definition) is 1. The van der Waals surface area contributed by atoms with Crippen molar-refractivity contribution in [1.82, 2.24) is 15.3 Å². The minimum absolute atomic E-state index is 0.0201. The minimum atomic E-state index is 0.0201. The molecule has 0 amide bonds. The van der Waals surface area contributed by atoms with Crippen molar-refractivity contribution in [2.75, 3.05) is 6.54 Å². The first-order chi connectivity index (χ1) is 7.36. The van der Waals surface area contributed by atoms with Gasteiger partial charge in [-0.05, 0) is 20.4 Å². The molecule has 3 heteroatoms. The zero-order valence-corrected chi connectivity index (χ0v) is 11.3. The van der Waals surface area contributed by atoms with E-state index >= 15 is 0 Å². The summed E-state index contributed by atoms with van der Waals surface area (Å²) in [6, 6.07) is 0. The van der Waals surface area contributed by atoms with Crippen molar-refractivity contribution < 1.29 is 0 Å². The first kappa shape index (κ1) is 13.1. The largest absolute Gasteiger partial charge is 0.313 e. The maximum atomic E-state index is 4.61. The SMILES string of the molecule is CCNCc1c(C)nc(C(C)(C)C)nc1C. The van der Waals surface area contributed by atoms with Crippen LogP contribution in [0.25, 0.3) is 0 Å². The maximum Gasteiger partial charge on any atom is 0.134 e. The van der Waals surface area contributed by atoms with Crippen LogP contribution in [0.15, 0.2) is 0 Å². The Morgan fingerprint density at radius 2 is 1.56 bits per heavy atom. The van der Waals surface area contributed by atoms with E-state index in [-0.39, 0.29) is 5.41 Å². The Morgan fingerprint density at radius 1 is 1.06 bits per heavy atom. The van der Waals surface area contributed by atoms with Gasteiger partial charge < -0.3 is 5.32 Å². The smallest absolute Gasteiger partial charge is 0.134 e. The van der Waals surface area contributed by atoms with Crippen LogP contribution in [0, 0.1) is 13.8 Å². The third-order valence-electron chi connectivity index (χ3n) is 2.64. The van der Waals surface area contributed by atoms with Crippen LogP contribution in [0.2, 0.25) is 0 Å². The second-order valence-electron chi connectivity index (χ2n) is 5.23. The van der Waals surface area contributed by atoms with Gasteiger partial charge in [0, 0.05) is 28.9 Å². The van der Waals surface area contributed by atoms with Gasteiger partial charge in [0.05, 0.1) is 0 Å². The van der Waals surface area contributed by atoms with E-state index in [1.54, 1.807) is 0 Å². The number of nitrogens with zero attached hydrogens (tertiary/aromatic N) is 2. The Morgan fingerprint density at radius 3 is 1.94 bits per heavy atom. The van der Waals surface area contributed by atoms with Gasteiger partial charge in [0.2, 0.25) is 0 Å². The van der Waals surface area contributed by atoms with Gasteiger partial charge in [-0.25, -0.2) is 9.97 Å². The normalized spacial score (nSPS) is 11.9. The molecule has 0 saturated heterocycles. The molecule has 1 rings (SSSR count). The van der Waals surface area contributed by atoms with Crippen LogP contribution >= 0.6 is 0 Å². The van der Waals surface area contributed by atoms with Gasteiger partial charge in [-0.3, -0.25) is 0 Å². The van der Waals surface area contributed by atoms with Crippen molar-refractivity contribution in [3.8, 4) is 0 Å². The fourth-order valence-electron chi connectivity index (χ4n) is 1.58. The molecule has 1 N–H and O–H groups in total. The highest BCUT2D eigenvalue weighted by molar-refractivity contribution is 5.25. The van der Waals surface area contributed by atoms with E-state index in [0.29, 0.717) is 0 Å². The molecule has 0 atom stereocenters. The van der Waals surface area contributed by atoms with Gasteiger partial charge in [-0.2, -0.15) is 0 Å². The summed E-state index contributed by atoms with van der Waals surface area (Å²) < 4.78 is 0. The lowest BCUT2D eigenvalue weighted by atomic mass is 9.95. The third-order valence-corrected chi connectivity index (χ3v) is 2.64. The molecular formula is C13H23N3. The van der Waals surface area contributed by atoms with E-state index in [2.05, 4.69) is 56.8 Å². The first-order valence-electron chi connectivity index (χ1n) is 5.91. The summed E-state index contributed by atoms with van der Waals surface area (Å²) in [6.45, 7) is 14.5. The topological polar surface area (TPSA) is 37.8 Å². The summed E-state index contributed by atoms with van der Waals surface area (Å²) in [5.41, 5.74) is 3.44. The second-order valence-corrected chi connectivity index (χ2v) is 5.23. The molecule has 0 spiro atoms. The number of rotatable bonds is 3. The van der Waals surface area contributed by atoms with Gasteiger partial charge in [0.25, 0.3) is 0 Å². The molecule has 0 unspecified atom stereocenters. The summed E-state index contributed by atoms with van der Waals surface area (Å²) in [4.78, 5) is 9.21. The highest BCUT2D eigenvalue weighted by atomic mass is 14.9. The van der Waals surface area contributed by atoms with E-state index in [9.17, 15) is 0 Å². The zero-order valence-electron chi connectivity index (χ0n) is 11.3. The zero-order chi connectivity index (χ0) is 12.3. The fraction of sp³-hybridized carbons (Fsp3) is 0.692. The van der Waals surface area contributed by atoms with Crippen LogP contribution in [-0.2, 0) is 12.0 Å². The van der Waals surface area contributed by atoms with Crippen LogP contribution < -0.4 is 5.32 Å². The van der Waals surface area contributed by atoms with Crippen LogP contribution in [0.5, 0.6) is 0 Å². The molecule has 0 aliphatic carbocycles. The Balaban J connectivity index is 3.08. The van der Waals surface area contributed by atoms with Gasteiger partial charge in [0.15, 0.2) is 0 Å². The van der Waals surface area contributed by atoms with Crippen molar-refractivity contribution in [2.24, 2.45) is 0 Å². The van der Waals surface area contributed by atoms with Gasteiger partial charge >= 0.3 is 0 Å². The average Bonchev–Trinajstić information content (AvgIpc) is 2.15. The van der Waals surface area contributed by atoms with Crippen LogP contribution in [0.4, 0.5) is 0 Å². The van der Waals surface area contributed by atoms with E-state index in [4.69, 9.17) is 0 Å². The van der Waals surface area contributed by atoms with Crippen LogP contribution in [-0.4, -0.2) is 16.5 Å². The Hall–Kier alpha value is -0.960. The standard InChI is InChI=1S/C13H23N3/c1-7-14-8-11-9(2)15-12(13(4,5)6)16-10(11)3/h14H,7-8H2,1-6H3. The molecule has 16 heavy (non-hydrogen) atoms. The minimum Gasteiger partial charge on any atom is -0.313 e. The molecule has 0 aliphatic heterocycles. The Bertz CT molecular complexity index is 341. The predicted octanol–water partition coefficient (Wildman–Crippen LogP) is 2.50. The lowest BCUT2D eigenvalue weighted by Gasteiger charge is -2.19. The molecule has 90 valence electrons.